The number of carbonyl (C=O) groups excluding carboxylic acids is 1. The van der Waals surface area contributed by atoms with Gasteiger partial charge in [0.1, 0.15) is 17.8 Å². The Morgan fingerprint density at radius 2 is 2.06 bits per heavy atom. The molecule has 1 aliphatic rings. The number of rotatable bonds is 6. The predicted octanol–water partition coefficient (Wildman–Crippen LogP) is 4.23. The fourth-order valence-electron chi connectivity index (χ4n) is 3.31. The zero-order chi connectivity index (χ0) is 22.4. The molecular formula is C20H15ClF3N7O. The van der Waals surface area contributed by atoms with Crippen molar-refractivity contribution in [3.63, 3.8) is 0 Å². The van der Waals surface area contributed by atoms with E-state index in [1.807, 2.05) is 0 Å². The first kappa shape index (κ1) is 20.4. The van der Waals surface area contributed by atoms with Crippen LogP contribution in [-0.2, 0) is 6.54 Å². The highest BCUT2D eigenvalue weighted by atomic mass is 35.5. The molecule has 0 saturated heterocycles. The van der Waals surface area contributed by atoms with Crippen LogP contribution < -0.4 is 5.32 Å². The number of aromatic nitrogens is 6. The number of anilines is 1. The molecule has 5 rings (SSSR count). The molecule has 32 heavy (non-hydrogen) atoms. The number of hydrogen-bond donors (Lipinski definition) is 1. The smallest absolute Gasteiger partial charge is 0.280 e. The van der Waals surface area contributed by atoms with E-state index in [1.165, 1.54) is 35.3 Å². The number of amides is 1. The predicted molar refractivity (Wildman–Crippen MR) is 108 cm³/mol. The highest BCUT2D eigenvalue weighted by Gasteiger charge is 2.28. The van der Waals surface area contributed by atoms with E-state index in [-0.39, 0.29) is 46.0 Å². The largest absolute Gasteiger partial charge is 0.288 e. The average molecular weight is 462 g/mol. The number of halogens is 4. The molecule has 0 aliphatic heterocycles. The summed E-state index contributed by atoms with van der Waals surface area (Å²) in [6.07, 6.45) is 0.344. The summed E-state index contributed by atoms with van der Waals surface area (Å²) in [7, 11) is 0. The van der Waals surface area contributed by atoms with E-state index < -0.39 is 18.1 Å². The van der Waals surface area contributed by atoms with Crippen LogP contribution in [0.1, 0.15) is 52.6 Å². The normalized spacial score (nSPS) is 13.8. The molecule has 8 nitrogen and oxygen atoms in total. The average Bonchev–Trinajstić information content (AvgIpc) is 3.36. The maximum atomic E-state index is 14.0. The number of nitrogens with zero attached hydrogens (tertiary/aromatic N) is 6. The van der Waals surface area contributed by atoms with Gasteiger partial charge >= 0.3 is 0 Å². The molecule has 0 unspecified atom stereocenters. The van der Waals surface area contributed by atoms with Gasteiger partial charge in [-0.2, -0.15) is 5.10 Å². The monoisotopic (exact) mass is 461 g/mol. The summed E-state index contributed by atoms with van der Waals surface area (Å²) >= 11 is 6.02. The third-order valence-electron chi connectivity index (χ3n) is 5.07. The van der Waals surface area contributed by atoms with Gasteiger partial charge in [0, 0.05) is 28.3 Å². The van der Waals surface area contributed by atoms with Crippen molar-refractivity contribution < 1.29 is 18.0 Å². The van der Waals surface area contributed by atoms with E-state index in [2.05, 4.69) is 25.5 Å². The number of fused-ring (bicyclic) bond motifs is 1. The molecule has 1 aromatic carbocycles. The Hall–Kier alpha value is -3.47. The number of benzene rings is 1. The molecule has 1 fully saturated rings. The first-order valence-electron chi connectivity index (χ1n) is 9.71. The molecule has 4 aromatic rings. The highest BCUT2D eigenvalue weighted by molar-refractivity contribution is 6.31. The molecule has 0 spiro atoms. The van der Waals surface area contributed by atoms with Gasteiger partial charge in [-0.05, 0) is 31.0 Å². The first-order valence-corrected chi connectivity index (χ1v) is 10.1. The Kier molecular flexibility index (Phi) is 5.04. The Morgan fingerprint density at radius 1 is 1.25 bits per heavy atom. The summed E-state index contributed by atoms with van der Waals surface area (Å²) in [5.41, 5.74) is 0.546. The number of carbonyl (C=O) groups is 1. The van der Waals surface area contributed by atoms with E-state index in [0.717, 1.165) is 17.4 Å². The molecule has 12 heteroatoms. The number of hydrogen-bond acceptors (Lipinski definition) is 5. The van der Waals surface area contributed by atoms with Gasteiger partial charge in [0.15, 0.2) is 11.3 Å². The summed E-state index contributed by atoms with van der Waals surface area (Å²) in [6.45, 7) is 0.00829. The van der Waals surface area contributed by atoms with Crippen LogP contribution in [0.15, 0.2) is 36.7 Å². The van der Waals surface area contributed by atoms with Gasteiger partial charge in [-0.25, -0.2) is 32.3 Å². The van der Waals surface area contributed by atoms with E-state index in [0.29, 0.717) is 5.69 Å². The molecule has 1 N–H and O–H groups in total. The lowest BCUT2D eigenvalue weighted by molar-refractivity contribution is 0.102. The van der Waals surface area contributed by atoms with E-state index in [9.17, 15) is 18.0 Å². The lowest BCUT2D eigenvalue weighted by atomic mass is 10.2. The van der Waals surface area contributed by atoms with Crippen molar-refractivity contribution in [1.82, 2.24) is 29.4 Å². The van der Waals surface area contributed by atoms with Gasteiger partial charge in [-0.1, -0.05) is 17.7 Å². The van der Waals surface area contributed by atoms with Crippen molar-refractivity contribution in [2.45, 2.75) is 31.7 Å². The standard InChI is InChI=1S/C20H15ClF3N7O/c21-12-2-1-3-13(22)11(12)8-30-9-25-20(29-30)27-19(32)15-7-17-26-14(10-4-5-10)6-16(18(23)24)31(17)28-15/h1-3,6-7,9-10,18H,4-5,8H2,(H,27,29,32). The van der Waals surface area contributed by atoms with Crippen LogP contribution in [0.5, 0.6) is 0 Å². The molecule has 1 saturated carbocycles. The molecule has 1 aliphatic carbocycles. The third-order valence-corrected chi connectivity index (χ3v) is 5.42. The Morgan fingerprint density at radius 3 is 2.78 bits per heavy atom. The Balaban J connectivity index is 1.37. The topological polar surface area (TPSA) is 90.0 Å². The van der Waals surface area contributed by atoms with Gasteiger partial charge in [0.2, 0.25) is 5.95 Å². The van der Waals surface area contributed by atoms with Crippen LogP contribution in [0.25, 0.3) is 5.65 Å². The van der Waals surface area contributed by atoms with Crippen molar-refractivity contribution in [1.29, 1.82) is 0 Å². The maximum Gasteiger partial charge on any atom is 0.280 e. The molecule has 0 bridgehead atoms. The Bertz CT molecular complexity index is 1310. The summed E-state index contributed by atoms with van der Waals surface area (Å²) in [6, 6.07) is 7.00. The minimum absolute atomic E-state index is 0.00829. The van der Waals surface area contributed by atoms with Crippen LogP contribution >= 0.6 is 11.6 Å². The highest BCUT2D eigenvalue weighted by Crippen LogP contribution is 2.40. The SMILES string of the molecule is O=C(Nc1ncn(Cc2c(F)cccc2Cl)n1)c1cc2nc(C3CC3)cc(C(F)F)n2n1. The number of nitrogens with one attached hydrogen (secondary N) is 1. The first-order chi connectivity index (χ1) is 15.4. The van der Waals surface area contributed by atoms with Crippen molar-refractivity contribution in [2.24, 2.45) is 0 Å². The molecule has 0 atom stereocenters. The maximum absolute atomic E-state index is 14.0. The third kappa shape index (κ3) is 3.91. The van der Waals surface area contributed by atoms with Gasteiger partial charge in [-0.15, -0.1) is 5.10 Å². The fraction of sp³-hybridized carbons (Fsp3) is 0.250. The van der Waals surface area contributed by atoms with E-state index >= 15 is 0 Å². The molecule has 3 aromatic heterocycles. The van der Waals surface area contributed by atoms with Crippen LogP contribution in [0.4, 0.5) is 19.1 Å². The molecule has 1 amide bonds. The molecule has 3 heterocycles. The van der Waals surface area contributed by atoms with Gasteiger partial charge in [-0.3, -0.25) is 10.1 Å². The van der Waals surface area contributed by atoms with Crippen LogP contribution in [0.2, 0.25) is 5.02 Å². The molecule has 164 valence electrons. The summed E-state index contributed by atoms with van der Waals surface area (Å²) in [5.74, 6) is -1.07. The lowest BCUT2D eigenvalue weighted by Crippen LogP contribution is -2.14. The summed E-state index contributed by atoms with van der Waals surface area (Å²) in [5, 5.41) is 10.8. The van der Waals surface area contributed by atoms with Crippen molar-refractivity contribution >= 4 is 29.1 Å². The van der Waals surface area contributed by atoms with Crippen LogP contribution in [0.3, 0.4) is 0 Å². The van der Waals surface area contributed by atoms with E-state index in [4.69, 9.17) is 11.6 Å². The summed E-state index contributed by atoms with van der Waals surface area (Å²) < 4.78 is 43.3. The number of alkyl halides is 2. The quantitative estimate of drug-likeness (QED) is 0.464. The van der Waals surface area contributed by atoms with Crippen molar-refractivity contribution in [3.8, 4) is 0 Å². The second-order valence-electron chi connectivity index (χ2n) is 7.40. The van der Waals surface area contributed by atoms with E-state index in [1.54, 1.807) is 6.07 Å². The van der Waals surface area contributed by atoms with Crippen molar-refractivity contribution in [3.05, 3.63) is 70.1 Å². The minimum Gasteiger partial charge on any atom is -0.288 e. The second kappa shape index (κ2) is 7.90. The zero-order valence-corrected chi connectivity index (χ0v) is 17.1. The van der Waals surface area contributed by atoms with Gasteiger partial charge in [0.05, 0.1) is 6.54 Å². The zero-order valence-electron chi connectivity index (χ0n) is 16.3. The molecule has 0 radical (unpaired) electrons. The van der Waals surface area contributed by atoms with Gasteiger partial charge in [0.25, 0.3) is 12.3 Å². The fourth-order valence-corrected chi connectivity index (χ4v) is 3.53. The Labute approximate surface area is 184 Å². The summed E-state index contributed by atoms with van der Waals surface area (Å²) in [4.78, 5) is 20.9. The minimum atomic E-state index is -2.77. The van der Waals surface area contributed by atoms with Gasteiger partial charge < -0.3 is 0 Å². The van der Waals surface area contributed by atoms with Crippen LogP contribution in [0, 0.1) is 5.82 Å². The van der Waals surface area contributed by atoms with Crippen molar-refractivity contribution in [2.75, 3.05) is 5.32 Å². The molecular weight excluding hydrogens is 447 g/mol. The van der Waals surface area contributed by atoms with Crippen LogP contribution in [-0.4, -0.2) is 35.3 Å². The second-order valence-corrected chi connectivity index (χ2v) is 7.81. The lowest BCUT2D eigenvalue weighted by Gasteiger charge is -2.06.